The third kappa shape index (κ3) is 1.32. The molecular weight excluding hydrogens is 178 g/mol. The summed E-state index contributed by atoms with van der Waals surface area (Å²) in [7, 11) is 0. The fraction of sp³-hybridized carbons (Fsp3) is 0.727. The highest BCUT2D eigenvalue weighted by atomic mass is 32.1. The van der Waals surface area contributed by atoms with E-state index in [0.29, 0.717) is 0 Å². The first-order valence-electron chi connectivity index (χ1n) is 5.32. The highest BCUT2D eigenvalue weighted by Crippen LogP contribution is 2.45. The average Bonchev–Trinajstić information content (AvgIpc) is 2.76. The van der Waals surface area contributed by atoms with E-state index in [9.17, 15) is 0 Å². The second-order valence-electron chi connectivity index (χ2n) is 4.40. The Morgan fingerprint density at radius 3 is 2.46 bits per heavy atom. The van der Waals surface area contributed by atoms with Gasteiger partial charge >= 0.3 is 0 Å². The zero-order valence-electron chi connectivity index (χ0n) is 8.05. The largest absolute Gasteiger partial charge is 0.245 e. The normalized spacial score (nSPS) is 23.2. The molecule has 0 unspecified atom stereocenters. The van der Waals surface area contributed by atoms with Crippen LogP contribution in [-0.4, -0.2) is 4.98 Å². The lowest BCUT2D eigenvalue weighted by molar-refractivity contribution is 0.410. The predicted octanol–water partition coefficient (Wildman–Crippen LogP) is 3.60. The van der Waals surface area contributed by atoms with Gasteiger partial charge in [-0.3, -0.25) is 0 Å². The molecule has 0 atom stereocenters. The maximum atomic E-state index is 4.81. The highest BCUT2D eigenvalue weighted by Gasteiger charge is 2.30. The number of nitrogens with zero attached hydrogens (tertiary/aromatic N) is 1. The smallest absolute Gasteiger partial charge is 0.0962 e. The fourth-order valence-electron chi connectivity index (χ4n) is 1.99. The van der Waals surface area contributed by atoms with Crippen LogP contribution in [0, 0.1) is 6.92 Å². The molecule has 70 valence electrons. The number of aromatic nitrogens is 1. The Labute approximate surface area is 83.2 Å². The molecular formula is C11H15NS. The van der Waals surface area contributed by atoms with Crippen LogP contribution in [0.3, 0.4) is 0 Å². The molecule has 0 saturated heterocycles. The lowest BCUT2D eigenvalue weighted by Gasteiger charge is -2.24. The van der Waals surface area contributed by atoms with Gasteiger partial charge in [-0.2, -0.15) is 0 Å². The lowest BCUT2D eigenvalue weighted by Crippen LogP contribution is -2.10. The van der Waals surface area contributed by atoms with Crippen LogP contribution in [0.25, 0.3) is 0 Å². The predicted molar refractivity (Wildman–Crippen MR) is 55.4 cm³/mol. The summed E-state index contributed by atoms with van der Waals surface area (Å²) in [5.74, 6) is 1.67. The van der Waals surface area contributed by atoms with Gasteiger partial charge in [0.1, 0.15) is 0 Å². The van der Waals surface area contributed by atoms with Crippen molar-refractivity contribution in [1.29, 1.82) is 0 Å². The Hall–Kier alpha value is -0.370. The van der Waals surface area contributed by atoms with Crippen molar-refractivity contribution in [3.63, 3.8) is 0 Å². The van der Waals surface area contributed by atoms with E-state index >= 15 is 0 Å². The second-order valence-corrected chi connectivity index (χ2v) is 5.63. The van der Waals surface area contributed by atoms with Gasteiger partial charge in [-0.25, -0.2) is 4.98 Å². The molecule has 0 bridgehead atoms. The summed E-state index contributed by atoms with van der Waals surface area (Å²) in [6, 6.07) is 0. The molecule has 0 N–H and O–H groups in total. The van der Waals surface area contributed by atoms with Crippen molar-refractivity contribution in [1.82, 2.24) is 4.98 Å². The van der Waals surface area contributed by atoms with Crippen LogP contribution in [0.1, 0.15) is 59.5 Å². The molecule has 1 aromatic heterocycles. The summed E-state index contributed by atoms with van der Waals surface area (Å²) >= 11 is 1.95. The zero-order valence-corrected chi connectivity index (χ0v) is 8.86. The van der Waals surface area contributed by atoms with E-state index in [1.54, 1.807) is 0 Å². The van der Waals surface area contributed by atoms with Gasteiger partial charge in [0.25, 0.3) is 0 Å². The zero-order chi connectivity index (χ0) is 8.84. The molecule has 3 rings (SSSR count). The standard InChI is InChI=1S/C11H15NS/c1-7-10(8-3-2-4-8)12-11(13-7)9-5-6-9/h8-9H,2-6H2,1H3. The molecule has 0 aromatic carbocycles. The van der Waals surface area contributed by atoms with Crippen molar-refractivity contribution in [3.8, 4) is 0 Å². The third-order valence-electron chi connectivity index (χ3n) is 3.27. The van der Waals surface area contributed by atoms with Crippen molar-refractivity contribution < 1.29 is 0 Å². The molecule has 1 aromatic rings. The van der Waals surface area contributed by atoms with Gasteiger partial charge < -0.3 is 0 Å². The Morgan fingerprint density at radius 1 is 1.15 bits per heavy atom. The molecule has 1 nitrogen and oxygen atoms in total. The molecule has 2 saturated carbocycles. The van der Waals surface area contributed by atoms with Crippen LogP contribution in [0.4, 0.5) is 0 Å². The van der Waals surface area contributed by atoms with E-state index in [0.717, 1.165) is 11.8 Å². The van der Waals surface area contributed by atoms with E-state index in [-0.39, 0.29) is 0 Å². The highest BCUT2D eigenvalue weighted by molar-refractivity contribution is 7.11. The van der Waals surface area contributed by atoms with Gasteiger partial charge in [0.2, 0.25) is 0 Å². The molecule has 1 heterocycles. The number of hydrogen-bond donors (Lipinski definition) is 0. The van der Waals surface area contributed by atoms with Crippen LogP contribution in [0.5, 0.6) is 0 Å². The van der Waals surface area contributed by atoms with Crippen molar-refractivity contribution in [3.05, 3.63) is 15.6 Å². The van der Waals surface area contributed by atoms with E-state index in [1.165, 1.54) is 47.7 Å². The number of thiazole rings is 1. The van der Waals surface area contributed by atoms with Crippen molar-refractivity contribution >= 4 is 11.3 Å². The van der Waals surface area contributed by atoms with Crippen molar-refractivity contribution in [2.75, 3.05) is 0 Å². The number of hydrogen-bond acceptors (Lipinski definition) is 2. The quantitative estimate of drug-likeness (QED) is 0.699. The maximum absolute atomic E-state index is 4.81. The Kier molecular flexibility index (Phi) is 1.72. The maximum Gasteiger partial charge on any atom is 0.0962 e. The Morgan fingerprint density at radius 2 is 1.92 bits per heavy atom. The summed E-state index contributed by atoms with van der Waals surface area (Å²) < 4.78 is 0. The summed E-state index contributed by atoms with van der Waals surface area (Å²) in [5.41, 5.74) is 1.44. The topological polar surface area (TPSA) is 12.9 Å². The fourth-order valence-corrected chi connectivity index (χ4v) is 3.17. The minimum atomic E-state index is 0.823. The SMILES string of the molecule is Cc1sc(C2CC2)nc1C1CCC1. The van der Waals surface area contributed by atoms with Gasteiger partial charge in [-0.1, -0.05) is 6.42 Å². The van der Waals surface area contributed by atoms with Gasteiger partial charge in [0, 0.05) is 16.7 Å². The van der Waals surface area contributed by atoms with E-state index < -0.39 is 0 Å². The molecule has 0 aliphatic heterocycles. The van der Waals surface area contributed by atoms with Gasteiger partial charge in [-0.05, 0) is 32.6 Å². The lowest BCUT2D eigenvalue weighted by atomic mass is 9.82. The molecule has 2 aliphatic rings. The Bertz CT molecular complexity index is 321. The summed E-state index contributed by atoms with van der Waals surface area (Å²) in [6.45, 7) is 2.25. The Balaban J connectivity index is 1.90. The number of rotatable bonds is 2. The minimum absolute atomic E-state index is 0.823. The first kappa shape index (κ1) is 7.98. The summed E-state index contributed by atoms with van der Waals surface area (Å²) in [6.07, 6.45) is 6.96. The van der Waals surface area contributed by atoms with Crippen LogP contribution in [0.2, 0.25) is 0 Å². The molecule has 2 aliphatic carbocycles. The van der Waals surface area contributed by atoms with E-state index in [1.807, 2.05) is 11.3 Å². The van der Waals surface area contributed by atoms with Crippen LogP contribution in [0.15, 0.2) is 0 Å². The van der Waals surface area contributed by atoms with Crippen molar-refractivity contribution in [2.45, 2.75) is 50.9 Å². The number of aryl methyl sites for hydroxylation is 1. The minimum Gasteiger partial charge on any atom is -0.245 e. The average molecular weight is 193 g/mol. The second kappa shape index (κ2) is 2.81. The first-order valence-corrected chi connectivity index (χ1v) is 6.13. The molecule has 0 radical (unpaired) electrons. The molecule has 2 fully saturated rings. The van der Waals surface area contributed by atoms with E-state index in [2.05, 4.69) is 6.92 Å². The first-order chi connectivity index (χ1) is 6.34. The van der Waals surface area contributed by atoms with Gasteiger partial charge in [0.05, 0.1) is 10.7 Å². The molecule has 0 spiro atoms. The molecule has 0 amide bonds. The van der Waals surface area contributed by atoms with Crippen molar-refractivity contribution in [2.24, 2.45) is 0 Å². The van der Waals surface area contributed by atoms with Gasteiger partial charge in [-0.15, -0.1) is 11.3 Å². The molecule has 2 heteroatoms. The summed E-state index contributed by atoms with van der Waals surface area (Å²) in [5, 5.41) is 1.43. The van der Waals surface area contributed by atoms with Gasteiger partial charge in [0.15, 0.2) is 0 Å². The van der Waals surface area contributed by atoms with E-state index in [4.69, 9.17) is 4.98 Å². The van der Waals surface area contributed by atoms with Crippen LogP contribution >= 0.6 is 11.3 Å². The summed E-state index contributed by atoms with van der Waals surface area (Å²) in [4.78, 5) is 6.30. The van der Waals surface area contributed by atoms with Crippen LogP contribution in [-0.2, 0) is 0 Å². The van der Waals surface area contributed by atoms with Crippen LogP contribution < -0.4 is 0 Å². The monoisotopic (exact) mass is 193 g/mol. The molecule has 13 heavy (non-hydrogen) atoms. The third-order valence-corrected chi connectivity index (χ3v) is 4.42.